The number of unbranched alkanes of at least 4 members (excludes halogenated alkanes) is 1. The molecule has 0 aliphatic carbocycles. The Balaban J connectivity index is 1.94. The van der Waals surface area contributed by atoms with Gasteiger partial charge in [0.15, 0.2) is 0 Å². The number of aromatic nitrogens is 1. The monoisotopic (exact) mass is 502 g/mol. The van der Waals surface area contributed by atoms with E-state index in [0.29, 0.717) is 25.8 Å². The summed E-state index contributed by atoms with van der Waals surface area (Å²) in [7, 11) is 0. The molecule has 0 aliphatic rings. The molecule has 0 saturated carbocycles. The lowest BCUT2D eigenvalue weighted by atomic mass is 9.97. The number of nitrogens with one attached hydrogen (secondary N) is 4. The summed E-state index contributed by atoms with van der Waals surface area (Å²) in [6, 6.07) is 4.86. The van der Waals surface area contributed by atoms with Gasteiger partial charge in [-0.05, 0) is 49.8 Å². The molecule has 0 radical (unpaired) electrons. The Hall–Kier alpha value is -3.44. The van der Waals surface area contributed by atoms with Crippen LogP contribution in [0.25, 0.3) is 10.9 Å². The fourth-order valence-corrected chi connectivity index (χ4v) is 3.87. The average molecular weight is 503 g/mol. The minimum Gasteiger partial charge on any atom is -0.480 e. The summed E-state index contributed by atoms with van der Waals surface area (Å²) in [5.74, 6) is -3.02. The van der Waals surface area contributed by atoms with Crippen molar-refractivity contribution in [2.75, 3.05) is 13.1 Å². The van der Waals surface area contributed by atoms with Gasteiger partial charge in [0.25, 0.3) is 0 Å². The van der Waals surface area contributed by atoms with Crippen molar-refractivity contribution in [1.29, 1.82) is 0 Å². The Labute approximate surface area is 210 Å². The van der Waals surface area contributed by atoms with Crippen LogP contribution in [0.1, 0.15) is 45.1 Å². The van der Waals surface area contributed by atoms with Crippen LogP contribution in [0.4, 0.5) is 0 Å². The molecule has 4 unspecified atom stereocenters. The highest BCUT2D eigenvalue weighted by atomic mass is 16.4. The van der Waals surface area contributed by atoms with Gasteiger partial charge in [-0.2, -0.15) is 0 Å². The van der Waals surface area contributed by atoms with Gasteiger partial charge in [0, 0.05) is 17.1 Å². The van der Waals surface area contributed by atoms with Gasteiger partial charge in [-0.1, -0.05) is 38.5 Å². The maximum absolute atomic E-state index is 12.8. The van der Waals surface area contributed by atoms with E-state index >= 15 is 0 Å². The highest BCUT2D eigenvalue weighted by Crippen LogP contribution is 2.19. The van der Waals surface area contributed by atoms with Gasteiger partial charge in [0.05, 0.1) is 12.6 Å². The van der Waals surface area contributed by atoms with Gasteiger partial charge in [0.2, 0.25) is 17.7 Å². The molecule has 0 bridgehead atoms. The van der Waals surface area contributed by atoms with Crippen molar-refractivity contribution in [2.24, 2.45) is 17.4 Å². The first kappa shape index (κ1) is 28.8. The molecule has 3 amide bonds. The van der Waals surface area contributed by atoms with Gasteiger partial charge in [-0.25, -0.2) is 4.79 Å². The molecule has 198 valence electrons. The molecule has 0 saturated heterocycles. The summed E-state index contributed by atoms with van der Waals surface area (Å²) in [6.45, 7) is 3.72. The SMILES string of the molecule is CCC(C)C(NC(=O)C(N)Cc1c[nH]c2ccccc12)C(=O)NCC(=O)NC(CCCCN)C(=O)O. The Morgan fingerprint density at radius 3 is 2.47 bits per heavy atom. The van der Waals surface area contributed by atoms with Gasteiger partial charge in [-0.3, -0.25) is 14.4 Å². The zero-order valence-electron chi connectivity index (χ0n) is 20.9. The molecule has 1 aromatic carbocycles. The van der Waals surface area contributed by atoms with Crippen LogP contribution < -0.4 is 27.4 Å². The molecule has 0 spiro atoms. The Kier molecular flexibility index (Phi) is 11.4. The second-order valence-corrected chi connectivity index (χ2v) is 9.00. The van der Waals surface area contributed by atoms with E-state index < -0.39 is 48.4 Å². The fraction of sp³-hybridized carbons (Fsp3) is 0.520. The highest BCUT2D eigenvalue weighted by Gasteiger charge is 2.29. The third-order valence-electron chi connectivity index (χ3n) is 6.25. The number of carbonyl (C=O) groups is 4. The minimum atomic E-state index is -1.15. The molecule has 9 N–H and O–H groups in total. The van der Waals surface area contributed by atoms with E-state index in [0.717, 1.165) is 16.5 Å². The first-order chi connectivity index (χ1) is 17.2. The molecule has 11 heteroatoms. The van der Waals surface area contributed by atoms with E-state index in [4.69, 9.17) is 11.5 Å². The van der Waals surface area contributed by atoms with Crippen LogP contribution in [0.15, 0.2) is 30.5 Å². The average Bonchev–Trinajstić information content (AvgIpc) is 3.27. The Bertz CT molecular complexity index is 1040. The van der Waals surface area contributed by atoms with Crippen LogP contribution in [0.5, 0.6) is 0 Å². The zero-order chi connectivity index (χ0) is 26.7. The van der Waals surface area contributed by atoms with Gasteiger partial charge < -0.3 is 37.5 Å². The van der Waals surface area contributed by atoms with E-state index in [1.54, 1.807) is 0 Å². The number of rotatable bonds is 15. The number of nitrogens with two attached hydrogens (primary N) is 2. The summed E-state index contributed by atoms with van der Waals surface area (Å²) in [5, 5.41) is 17.9. The van der Waals surface area contributed by atoms with E-state index in [-0.39, 0.29) is 18.8 Å². The molecule has 1 heterocycles. The number of benzene rings is 1. The molecule has 2 aromatic rings. The molecule has 1 aromatic heterocycles. The number of para-hydroxylation sites is 1. The lowest BCUT2D eigenvalue weighted by Gasteiger charge is -2.25. The fourth-order valence-electron chi connectivity index (χ4n) is 3.87. The predicted molar refractivity (Wildman–Crippen MR) is 137 cm³/mol. The van der Waals surface area contributed by atoms with E-state index in [1.807, 2.05) is 44.3 Å². The summed E-state index contributed by atoms with van der Waals surface area (Å²) in [5.41, 5.74) is 13.4. The smallest absolute Gasteiger partial charge is 0.326 e. The van der Waals surface area contributed by atoms with E-state index in [9.17, 15) is 24.3 Å². The third kappa shape index (κ3) is 8.35. The summed E-state index contributed by atoms with van der Waals surface area (Å²) >= 11 is 0. The van der Waals surface area contributed by atoms with Crippen LogP contribution in [0.2, 0.25) is 0 Å². The molecular weight excluding hydrogens is 464 g/mol. The van der Waals surface area contributed by atoms with Crippen molar-refractivity contribution in [2.45, 2.75) is 64.1 Å². The van der Waals surface area contributed by atoms with Crippen molar-refractivity contribution in [1.82, 2.24) is 20.9 Å². The highest BCUT2D eigenvalue weighted by molar-refractivity contribution is 5.93. The number of aliphatic carboxylic acids is 1. The molecule has 4 atom stereocenters. The topological polar surface area (TPSA) is 192 Å². The molecule has 2 rings (SSSR count). The van der Waals surface area contributed by atoms with Crippen molar-refractivity contribution in [3.8, 4) is 0 Å². The largest absolute Gasteiger partial charge is 0.480 e. The van der Waals surface area contributed by atoms with Gasteiger partial charge >= 0.3 is 5.97 Å². The normalized spacial score (nSPS) is 14.4. The second kappa shape index (κ2) is 14.2. The van der Waals surface area contributed by atoms with Crippen LogP contribution in [0, 0.1) is 5.92 Å². The number of hydrogen-bond acceptors (Lipinski definition) is 6. The molecule has 0 fully saturated rings. The minimum absolute atomic E-state index is 0.222. The number of aromatic amines is 1. The Morgan fingerprint density at radius 1 is 1.08 bits per heavy atom. The number of H-pyrrole nitrogens is 1. The summed E-state index contributed by atoms with van der Waals surface area (Å²) in [4.78, 5) is 52.5. The van der Waals surface area contributed by atoms with Crippen molar-refractivity contribution in [3.63, 3.8) is 0 Å². The third-order valence-corrected chi connectivity index (χ3v) is 6.25. The first-order valence-electron chi connectivity index (χ1n) is 12.3. The second-order valence-electron chi connectivity index (χ2n) is 9.00. The number of amides is 3. The standard InChI is InChI=1S/C25H38N6O5/c1-3-15(2)22(24(34)29-14-21(32)30-20(25(35)36)10-6-7-11-26)31-23(33)18(27)12-16-13-28-19-9-5-4-8-17(16)19/h4-5,8-9,13,15,18,20,22,28H,3,6-7,10-12,14,26-27H2,1-2H3,(H,29,34)(H,30,32)(H,31,33)(H,35,36). The van der Waals surface area contributed by atoms with Crippen LogP contribution in [0.3, 0.4) is 0 Å². The van der Waals surface area contributed by atoms with Gasteiger partial charge in [0.1, 0.15) is 12.1 Å². The first-order valence-corrected chi connectivity index (χ1v) is 12.3. The maximum atomic E-state index is 12.8. The predicted octanol–water partition coefficient (Wildman–Crippen LogP) is 0.383. The van der Waals surface area contributed by atoms with Crippen molar-refractivity contribution >= 4 is 34.6 Å². The Morgan fingerprint density at radius 2 is 1.81 bits per heavy atom. The molecule has 11 nitrogen and oxygen atoms in total. The van der Waals surface area contributed by atoms with Crippen molar-refractivity contribution < 1.29 is 24.3 Å². The van der Waals surface area contributed by atoms with Crippen LogP contribution >= 0.6 is 0 Å². The number of carbonyl (C=O) groups excluding carboxylic acids is 3. The van der Waals surface area contributed by atoms with Gasteiger partial charge in [-0.15, -0.1) is 0 Å². The molecule has 36 heavy (non-hydrogen) atoms. The molecular formula is C25H38N6O5. The molecule has 0 aliphatic heterocycles. The van der Waals surface area contributed by atoms with Crippen LogP contribution in [-0.2, 0) is 25.6 Å². The number of carboxylic acid groups (broad SMARTS) is 1. The summed E-state index contributed by atoms with van der Waals surface area (Å²) < 4.78 is 0. The quantitative estimate of drug-likeness (QED) is 0.171. The zero-order valence-corrected chi connectivity index (χ0v) is 20.9. The lowest BCUT2D eigenvalue weighted by molar-refractivity contribution is -0.142. The summed E-state index contributed by atoms with van der Waals surface area (Å²) in [6.07, 6.45) is 4.15. The number of hydrogen-bond donors (Lipinski definition) is 7. The lowest BCUT2D eigenvalue weighted by Crippen LogP contribution is -2.56. The van der Waals surface area contributed by atoms with E-state index in [2.05, 4.69) is 20.9 Å². The number of fused-ring (bicyclic) bond motifs is 1. The van der Waals surface area contributed by atoms with E-state index in [1.165, 1.54) is 0 Å². The maximum Gasteiger partial charge on any atom is 0.326 e. The van der Waals surface area contributed by atoms with Crippen molar-refractivity contribution in [3.05, 3.63) is 36.0 Å². The van der Waals surface area contributed by atoms with Crippen LogP contribution in [-0.4, -0.2) is 65.0 Å². The number of carboxylic acids is 1.